The minimum Gasteiger partial charge on any atom is -0.379 e. The number of aromatic amines is 1. The van der Waals surface area contributed by atoms with Crippen molar-refractivity contribution >= 4 is 128 Å². The molecular weight excluding hydrogens is 1340 g/mol. The monoisotopic (exact) mass is 1440 g/mol. The summed E-state index contributed by atoms with van der Waals surface area (Å²) in [5, 5.41) is 61.8. The summed E-state index contributed by atoms with van der Waals surface area (Å²) in [5.74, 6) is -5.12. The van der Waals surface area contributed by atoms with Crippen molar-refractivity contribution in [2.75, 3.05) is 80.6 Å². The fourth-order valence-corrected chi connectivity index (χ4v) is 10.2. The van der Waals surface area contributed by atoms with Crippen LogP contribution >= 0.6 is 24.4 Å². The maximum Gasteiger partial charge on any atom is 0.280 e. The zero-order valence-corrected chi connectivity index (χ0v) is 59.7. The number of aromatic nitrogens is 4. The summed E-state index contributed by atoms with van der Waals surface area (Å²) in [6, 6.07) is 13.2. The molecule has 4 rings (SSSR count). The highest BCUT2D eigenvalue weighted by atomic mass is 32.1. The van der Waals surface area contributed by atoms with Crippen molar-refractivity contribution in [1.29, 1.82) is 0 Å². The zero-order valence-electron chi connectivity index (χ0n) is 58.1. The first kappa shape index (κ1) is 84.0. The van der Waals surface area contributed by atoms with Crippen LogP contribution in [0.1, 0.15) is 172 Å². The van der Waals surface area contributed by atoms with Crippen molar-refractivity contribution in [3.8, 4) is 0 Å². The standard InChI is InChI=1S/C67H100N18O14S2/c1-44(40-53(87)18-17-36-72-63(95)48-19-21-49(22-20-48)75-42-52-43-76-60-59(78-52)64(96)82-65(68)81-60)62(94)77-46(3)54(88)41-45(2)61(93)71-33-9-5-10-34-73-66(100)79-50-23-25-51(26-24-50)80-67(101)74-35-13-8-16-39-85(99)58(92)30-28-56(90)70-32-12-7-15-38-84(98)57(91)29-27-55(89)69-31-11-6-14-37-83(97)47(4)86/h19-26,43-46,75,97-99H,5-18,27-42H2,1-4H3,(H,69,89)(H,70,90)(H,71,93)(H,72,95)(H,77,94)(H2,73,79,100)(H2,74,80,101)(H3,68,76,81,82,96)/t44-,45-,46+/m1/s1. The van der Waals surface area contributed by atoms with Gasteiger partial charge in [-0.1, -0.05) is 13.8 Å². The van der Waals surface area contributed by atoms with E-state index in [4.69, 9.17) is 30.2 Å². The van der Waals surface area contributed by atoms with Crippen molar-refractivity contribution in [3.63, 3.8) is 0 Å². The summed E-state index contributed by atoms with van der Waals surface area (Å²) in [4.78, 5) is 151. The molecule has 2 aromatic heterocycles. The van der Waals surface area contributed by atoms with Crippen molar-refractivity contribution in [2.45, 2.75) is 169 Å². The van der Waals surface area contributed by atoms with Crippen LogP contribution in [-0.4, -0.2) is 185 Å². The molecule has 0 radical (unpaired) electrons. The van der Waals surface area contributed by atoms with Gasteiger partial charge in [0.15, 0.2) is 27.2 Å². The van der Waals surface area contributed by atoms with Crippen molar-refractivity contribution < 1.29 is 63.6 Å². The summed E-state index contributed by atoms with van der Waals surface area (Å²) in [7, 11) is 0. The molecule has 0 fully saturated rings. The molecule has 554 valence electrons. The van der Waals surface area contributed by atoms with Gasteiger partial charge in [0.1, 0.15) is 5.78 Å². The third-order valence-corrected chi connectivity index (χ3v) is 16.3. The highest BCUT2D eigenvalue weighted by Crippen LogP contribution is 2.16. The summed E-state index contributed by atoms with van der Waals surface area (Å²) in [5.41, 5.74) is 8.40. The highest BCUT2D eigenvalue weighted by Gasteiger charge is 2.25. The number of thiocarbonyl (C=S) groups is 2. The molecule has 32 nitrogen and oxygen atoms in total. The molecule has 34 heteroatoms. The van der Waals surface area contributed by atoms with Crippen LogP contribution in [0.25, 0.3) is 11.2 Å². The van der Waals surface area contributed by atoms with E-state index < -0.39 is 47.1 Å². The van der Waals surface area contributed by atoms with Gasteiger partial charge in [-0.05, 0) is 163 Å². The Labute approximate surface area is 598 Å². The summed E-state index contributed by atoms with van der Waals surface area (Å²) < 4.78 is 0. The maximum absolute atomic E-state index is 13.0. The molecule has 2 aromatic carbocycles. The van der Waals surface area contributed by atoms with E-state index in [1.807, 2.05) is 24.3 Å². The molecule has 0 bridgehead atoms. The molecule has 8 amide bonds. The highest BCUT2D eigenvalue weighted by molar-refractivity contribution is 7.80. The van der Waals surface area contributed by atoms with Crippen LogP contribution in [0.15, 0.2) is 59.5 Å². The Hall–Kier alpha value is -9.38. The lowest BCUT2D eigenvalue weighted by atomic mass is 9.98. The Kier molecular flexibility index (Phi) is 39.0. The number of hydrogen-bond acceptors (Lipinski definition) is 21. The van der Waals surface area contributed by atoms with Gasteiger partial charge >= 0.3 is 0 Å². The van der Waals surface area contributed by atoms with Crippen LogP contribution in [0, 0.1) is 11.8 Å². The van der Waals surface area contributed by atoms with Crippen LogP contribution in [0.4, 0.5) is 23.0 Å². The van der Waals surface area contributed by atoms with E-state index in [0.29, 0.717) is 139 Å². The first-order valence-electron chi connectivity index (χ1n) is 34.2. The van der Waals surface area contributed by atoms with Crippen molar-refractivity contribution in [1.82, 2.24) is 72.3 Å². The lowest BCUT2D eigenvalue weighted by Crippen LogP contribution is -2.43. The molecule has 0 unspecified atom stereocenters. The second-order valence-electron chi connectivity index (χ2n) is 24.5. The molecule has 101 heavy (non-hydrogen) atoms. The molecule has 3 atom stereocenters. The molecular formula is C67H100N18O14S2. The number of hydrogen-bond donors (Lipinski definition) is 15. The van der Waals surface area contributed by atoms with Gasteiger partial charge in [-0.2, -0.15) is 4.98 Å². The van der Waals surface area contributed by atoms with Crippen LogP contribution in [-0.2, 0) is 49.7 Å². The first-order chi connectivity index (χ1) is 48.3. The van der Waals surface area contributed by atoms with Crippen LogP contribution in [0.3, 0.4) is 0 Å². The van der Waals surface area contributed by atoms with E-state index in [1.54, 1.807) is 45.0 Å². The third kappa shape index (κ3) is 35.0. The minimum absolute atomic E-state index is 0.0401. The second-order valence-corrected chi connectivity index (χ2v) is 25.3. The summed E-state index contributed by atoms with van der Waals surface area (Å²) >= 11 is 10.9. The number of Topliss-reactive ketones (excluding diaryl/α,β-unsaturated/α-hetero) is 2. The number of carbonyl (C=O) groups is 10. The predicted octanol–water partition coefficient (Wildman–Crippen LogP) is 4.65. The number of ketones is 2. The van der Waals surface area contributed by atoms with Crippen LogP contribution < -0.4 is 64.5 Å². The number of nitrogen functional groups attached to an aromatic ring is 1. The second kappa shape index (κ2) is 46.9. The van der Waals surface area contributed by atoms with Crippen LogP contribution in [0.2, 0.25) is 0 Å². The summed E-state index contributed by atoms with van der Waals surface area (Å²) in [6.07, 6.45) is 9.22. The van der Waals surface area contributed by atoms with Gasteiger partial charge in [0.25, 0.3) is 11.5 Å². The van der Waals surface area contributed by atoms with Crippen molar-refractivity contribution in [2.24, 2.45) is 11.8 Å². The number of carbonyl (C=O) groups excluding carboxylic acids is 10. The molecule has 0 aliphatic rings. The number of anilines is 4. The number of nitrogens with zero attached hydrogens (tertiary/aromatic N) is 6. The van der Waals surface area contributed by atoms with Gasteiger partial charge in [-0.15, -0.1) is 0 Å². The van der Waals surface area contributed by atoms with Gasteiger partial charge in [0.05, 0.1) is 24.5 Å². The zero-order chi connectivity index (χ0) is 74.1. The van der Waals surface area contributed by atoms with E-state index in [1.165, 1.54) is 13.1 Å². The molecule has 16 N–H and O–H groups in total. The molecule has 0 aliphatic heterocycles. The molecule has 0 spiro atoms. The Morgan fingerprint density at radius 1 is 0.535 bits per heavy atom. The van der Waals surface area contributed by atoms with Gasteiger partial charge in [0.2, 0.25) is 47.3 Å². The lowest BCUT2D eigenvalue weighted by molar-refractivity contribution is -0.166. The normalized spacial score (nSPS) is 11.8. The van der Waals surface area contributed by atoms with Gasteiger partial charge < -0.3 is 58.9 Å². The van der Waals surface area contributed by atoms with Gasteiger partial charge in [-0.25, -0.2) is 25.2 Å². The lowest BCUT2D eigenvalue weighted by Gasteiger charge is -2.18. The van der Waals surface area contributed by atoms with Crippen LogP contribution in [0.5, 0.6) is 0 Å². The SMILES string of the molecule is CC(=O)N(O)CCCCCNC(=O)CCC(=O)N(O)CCCCCNC(=O)CCC(=O)N(O)CCCCCNC(=S)Nc1ccc(NC(=S)NCCCCCNC(=O)[C@H](C)CC(=O)[C@H](C)NC(=O)[C@H](C)CC(=O)CCCNC(=O)c2ccc(NCc3cnc4nc(N)[nH]c(=O)c4n3)cc2)cc1. The van der Waals surface area contributed by atoms with E-state index >= 15 is 0 Å². The molecule has 0 aliphatic carbocycles. The number of fused-ring (bicyclic) bond motifs is 1. The Morgan fingerprint density at radius 3 is 1.52 bits per heavy atom. The molecule has 2 heterocycles. The number of nitrogens with two attached hydrogens (primary N) is 1. The number of hydroxylamine groups is 6. The number of amides is 8. The third-order valence-electron chi connectivity index (χ3n) is 15.8. The fraction of sp³-hybridized carbons (Fsp3) is 0.552. The van der Waals surface area contributed by atoms with Gasteiger partial charge in [-0.3, -0.25) is 73.3 Å². The Bertz CT molecular complexity index is 3440. The number of unbranched alkanes of at least 4 members (excludes halogenated alkanes) is 8. The average molecular weight is 1450 g/mol. The van der Waals surface area contributed by atoms with E-state index in [0.717, 1.165) is 30.6 Å². The van der Waals surface area contributed by atoms with E-state index in [-0.39, 0.29) is 130 Å². The first-order valence-corrected chi connectivity index (χ1v) is 35.0. The minimum atomic E-state index is -0.861. The molecule has 0 saturated heterocycles. The summed E-state index contributed by atoms with van der Waals surface area (Å²) in [6.45, 7) is 9.28. The topological polar surface area (TPSA) is 459 Å². The van der Waals surface area contributed by atoms with E-state index in [2.05, 4.69) is 73.1 Å². The smallest absolute Gasteiger partial charge is 0.280 e. The van der Waals surface area contributed by atoms with Gasteiger partial charge in [0, 0.05) is 145 Å². The Morgan fingerprint density at radius 2 is 1.00 bits per heavy atom. The Balaban J connectivity index is 0.925. The molecule has 4 aromatic rings. The maximum atomic E-state index is 13.0. The number of benzene rings is 2. The average Bonchev–Trinajstić information content (AvgIpc) is 0.819. The number of H-pyrrole nitrogens is 1. The predicted molar refractivity (Wildman–Crippen MR) is 387 cm³/mol. The molecule has 0 saturated carbocycles. The number of rotatable bonds is 48. The largest absolute Gasteiger partial charge is 0.379 e. The van der Waals surface area contributed by atoms with Crippen molar-refractivity contribution in [3.05, 3.63) is 76.3 Å². The quantitative estimate of drug-likeness (QED) is 0.0124. The number of nitrogens with one attached hydrogen (secondary N) is 11. The van der Waals surface area contributed by atoms with E-state index in [9.17, 15) is 68.4 Å². The fourth-order valence-electron chi connectivity index (χ4n) is 9.75.